The first-order chi connectivity index (χ1) is 20.3. The van der Waals surface area contributed by atoms with Gasteiger partial charge in [0.25, 0.3) is 0 Å². The number of aliphatic hydroxyl groups is 1. The molecule has 11 nitrogen and oxygen atoms in total. The second-order valence-electron chi connectivity index (χ2n) is 10.3. The highest BCUT2D eigenvalue weighted by Gasteiger charge is 2.24. The van der Waals surface area contributed by atoms with E-state index in [1.54, 1.807) is 17.0 Å². The maximum Gasteiger partial charge on any atom is 0.318 e. The van der Waals surface area contributed by atoms with E-state index in [4.69, 9.17) is 15.2 Å². The van der Waals surface area contributed by atoms with Crippen molar-refractivity contribution >= 4 is 28.2 Å². The lowest BCUT2D eigenvalue weighted by molar-refractivity contribution is -0.125. The van der Waals surface area contributed by atoms with Crippen molar-refractivity contribution in [3.8, 4) is 11.8 Å². The lowest BCUT2D eigenvalue weighted by Crippen LogP contribution is -2.42. The van der Waals surface area contributed by atoms with Gasteiger partial charge in [-0.1, -0.05) is 30.8 Å². The van der Waals surface area contributed by atoms with Gasteiger partial charge in [0.1, 0.15) is 24.3 Å². The molecule has 11 heteroatoms. The highest BCUT2D eigenvalue weighted by atomic mass is 16.5. The zero-order chi connectivity index (χ0) is 30.1. The quantitative estimate of drug-likeness (QED) is 0.325. The minimum absolute atomic E-state index is 0.0139. The number of ether oxygens (including phenoxy) is 2. The minimum atomic E-state index is -0.654. The van der Waals surface area contributed by atoms with Crippen molar-refractivity contribution in [2.24, 2.45) is 0 Å². The number of aromatic hydroxyl groups is 1. The van der Waals surface area contributed by atoms with E-state index in [1.165, 1.54) is 6.08 Å². The SMILES string of the molecule is C=CC(=O)N(CC)CC.Nc1nc(OCC(O)CN2CCOCC2)nc2c1CCN(c1cc(O)cc3ccccc13)C2. The molecular formula is C31H42N6O5. The standard InChI is InChI=1S/C24H29N5O4.C7H13NO/c25-23-20-5-6-29(22-12-17(30)11-16-3-1-2-4-19(16)22)14-21(20)26-24(27-23)33-15-18(31)13-28-7-9-32-10-8-28;1-4-7(9)8(5-2)6-3/h1-4,11-12,18,30-31H,5-10,13-15H2,(H2,25,26,27);4H,1,5-6H2,2-3H3. The number of phenols is 1. The van der Waals surface area contributed by atoms with Gasteiger partial charge in [-0.2, -0.15) is 9.97 Å². The first-order valence-electron chi connectivity index (χ1n) is 14.5. The maximum atomic E-state index is 10.8. The number of nitrogens with zero attached hydrogens (tertiary/aromatic N) is 5. The maximum absolute atomic E-state index is 10.8. The summed E-state index contributed by atoms with van der Waals surface area (Å²) in [4.78, 5) is 25.8. The van der Waals surface area contributed by atoms with Gasteiger partial charge in [0.05, 0.1) is 25.5 Å². The van der Waals surface area contributed by atoms with Crippen molar-refractivity contribution in [2.45, 2.75) is 32.9 Å². The van der Waals surface area contributed by atoms with Crippen molar-refractivity contribution in [1.29, 1.82) is 0 Å². The van der Waals surface area contributed by atoms with Crippen LogP contribution < -0.4 is 15.4 Å². The van der Waals surface area contributed by atoms with Gasteiger partial charge in [0.15, 0.2) is 0 Å². The summed E-state index contributed by atoms with van der Waals surface area (Å²) in [7, 11) is 0. The van der Waals surface area contributed by atoms with Crippen LogP contribution in [0.3, 0.4) is 0 Å². The number of morpholine rings is 1. The molecule has 0 radical (unpaired) electrons. The number of benzene rings is 2. The molecular weight excluding hydrogens is 536 g/mol. The summed E-state index contributed by atoms with van der Waals surface area (Å²) in [5.41, 5.74) is 8.91. The number of likely N-dealkylation sites (N-methyl/N-ethyl adjacent to an activating group) is 1. The fraction of sp³-hybridized carbons (Fsp3) is 0.452. The summed E-state index contributed by atoms with van der Waals surface area (Å²) in [6.07, 6.45) is 1.39. The number of nitrogens with two attached hydrogens (primary N) is 1. The molecule has 42 heavy (non-hydrogen) atoms. The Labute approximate surface area is 247 Å². The minimum Gasteiger partial charge on any atom is -0.508 e. The number of nitrogen functional groups attached to an aromatic ring is 1. The highest BCUT2D eigenvalue weighted by molar-refractivity contribution is 5.95. The van der Waals surface area contributed by atoms with Crippen LogP contribution >= 0.6 is 0 Å². The van der Waals surface area contributed by atoms with E-state index in [0.29, 0.717) is 38.5 Å². The Morgan fingerprint density at radius 1 is 1.19 bits per heavy atom. The van der Waals surface area contributed by atoms with Gasteiger partial charge in [-0.15, -0.1) is 0 Å². The number of anilines is 2. The van der Waals surface area contributed by atoms with Crippen molar-refractivity contribution in [1.82, 2.24) is 19.8 Å². The molecule has 1 amide bonds. The van der Waals surface area contributed by atoms with E-state index in [2.05, 4.69) is 32.4 Å². The Hall–Kier alpha value is -3.93. The number of aliphatic hydroxyl groups excluding tert-OH is 1. The number of aromatic nitrogens is 2. The lowest BCUT2D eigenvalue weighted by Gasteiger charge is -2.31. The Balaban J connectivity index is 0.000000392. The molecule has 0 bridgehead atoms. The van der Waals surface area contributed by atoms with Gasteiger partial charge in [0.2, 0.25) is 5.91 Å². The van der Waals surface area contributed by atoms with E-state index in [-0.39, 0.29) is 24.3 Å². The van der Waals surface area contributed by atoms with Gasteiger partial charge in [0, 0.05) is 62.0 Å². The van der Waals surface area contributed by atoms with E-state index in [1.807, 2.05) is 32.0 Å². The molecule has 0 spiro atoms. The Morgan fingerprint density at radius 2 is 1.93 bits per heavy atom. The Bertz CT molecular complexity index is 1360. The predicted molar refractivity (Wildman–Crippen MR) is 164 cm³/mol. The fourth-order valence-electron chi connectivity index (χ4n) is 5.21. The molecule has 1 unspecified atom stereocenters. The monoisotopic (exact) mass is 578 g/mol. The van der Waals surface area contributed by atoms with Gasteiger partial charge < -0.3 is 35.2 Å². The summed E-state index contributed by atoms with van der Waals surface area (Å²) < 4.78 is 11.1. The number of phenolic OH excluding ortho intramolecular Hbond substituents is 1. The predicted octanol–water partition coefficient (Wildman–Crippen LogP) is 2.59. The van der Waals surface area contributed by atoms with Crippen LogP contribution in [0.15, 0.2) is 49.1 Å². The molecule has 1 aromatic heterocycles. The Morgan fingerprint density at radius 3 is 2.62 bits per heavy atom. The van der Waals surface area contributed by atoms with E-state index < -0.39 is 6.10 Å². The van der Waals surface area contributed by atoms with Gasteiger partial charge in [-0.3, -0.25) is 9.69 Å². The van der Waals surface area contributed by atoms with Crippen LogP contribution in [-0.2, 0) is 22.5 Å². The number of rotatable bonds is 9. The molecule has 1 atom stereocenters. The largest absolute Gasteiger partial charge is 0.508 e. The second kappa shape index (κ2) is 14.8. The van der Waals surface area contributed by atoms with Crippen molar-refractivity contribution in [3.63, 3.8) is 0 Å². The van der Waals surface area contributed by atoms with Crippen LogP contribution in [0.5, 0.6) is 11.8 Å². The fourth-order valence-corrected chi connectivity index (χ4v) is 5.21. The van der Waals surface area contributed by atoms with E-state index in [0.717, 1.165) is 60.4 Å². The van der Waals surface area contributed by atoms with Crippen LogP contribution in [-0.4, -0.2) is 101 Å². The third-order valence-corrected chi connectivity index (χ3v) is 7.47. The molecule has 1 fully saturated rings. The molecule has 2 aliphatic heterocycles. The van der Waals surface area contributed by atoms with Crippen LogP contribution in [0.25, 0.3) is 10.8 Å². The molecule has 0 saturated carbocycles. The van der Waals surface area contributed by atoms with Crippen LogP contribution in [0.1, 0.15) is 25.1 Å². The van der Waals surface area contributed by atoms with Gasteiger partial charge >= 0.3 is 6.01 Å². The molecule has 2 aliphatic rings. The second-order valence-corrected chi connectivity index (χ2v) is 10.3. The number of hydrogen-bond donors (Lipinski definition) is 3. The number of hydrogen-bond acceptors (Lipinski definition) is 10. The molecule has 5 rings (SSSR count). The number of fused-ring (bicyclic) bond motifs is 2. The molecule has 0 aliphatic carbocycles. The van der Waals surface area contributed by atoms with Gasteiger partial charge in [-0.25, -0.2) is 0 Å². The Kier molecular flexibility index (Phi) is 10.9. The number of amides is 1. The molecule has 226 valence electrons. The average molecular weight is 579 g/mol. The first kappa shape index (κ1) is 31.0. The van der Waals surface area contributed by atoms with Crippen LogP contribution in [0.2, 0.25) is 0 Å². The van der Waals surface area contributed by atoms with Crippen molar-refractivity contribution < 1.29 is 24.5 Å². The zero-order valence-electron chi connectivity index (χ0n) is 24.5. The molecule has 4 N–H and O–H groups in total. The molecule has 1 saturated heterocycles. The van der Waals surface area contributed by atoms with E-state index in [9.17, 15) is 15.0 Å². The summed E-state index contributed by atoms with van der Waals surface area (Å²) >= 11 is 0. The summed E-state index contributed by atoms with van der Waals surface area (Å²) in [6.45, 7) is 13.7. The molecule has 3 heterocycles. The highest BCUT2D eigenvalue weighted by Crippen LogP contribution is 2.35. The topological polar surface area (TPSA) is 138 Å². The average Bonchev–Trinajstić information content (AvgIpc) is 3.00. The van der Waals surface area contributed by atoms with Crippen molar-refractivity contribution in [2.75, 3.05) is 69.7 Å². The molecule has 2 aromatic carbocycles. The normalized spacial score (nSPS) is 15.7. The number of carbonyl (C=O) groups excluding carboxylic acids is 1. The summed E-state index contributed by atoms with van der Waals surface area (Å²) in [6, 6.07) is 11.7. The van der Waals surface area contributed by atoms with Crippen molar-refractivity contribution in [3.05, 3.63) is 60.3 Å². The van der Waals surface area contributed by atoms with Crippen LogP contribution in [0, 0.1) is 0 Å². The third-order valence-electron chi connectivity index (χ3n) is 7.47. The number of carbonyl (C=O) groups is 1. The lowest BCUT2D eigenvalue weighted by atomic mass is 10.0. The third kappa shape index (κ3) is 7.87. The first-order valence-corrected chi connectivity index (χ1v) is 14.5. The summed E-state index contributed by atoms with van der Waals surface area (Å²) in [5.74, 6) is 0.660. The van der Waals surface area contributed by atoms with Gasteiger partial charge in [-0.05, 0) is 37.8 Å². The number of β-amino-alcohol motifs (C(OH)–C–C–N with tert-alkyl or cyclic N) is 1. The van der Waals surface area contributed by atoms with E-state index >= 15 is 0 Å². The summed E-state index contributed by atoms with van der Waals surface area (Å²) in [5, 5.41) is 22.7. The van der Waals surface area contributed by atoms with Crippen LogP contribution in [0.4, 0.5) is 11.5 Å². The smallest absolute Gasteiger partial charge is 0.318 e. The zero-order valence-corrected chi connectivity index (χ0v) is 24.5. The molecule has 3 aromatic rings.